The van der Waals surface area contributed by atoms with Gasteiger partial charge in [-0.05, 0) is 52.9 Å². The number of rotatable bonds is 3. The molecule has 0 N–H and O–H groups in total. The minimum Gasteiger partial charge on any atom is -0.354 e. The van der Waals surface area contributed by atoms with E-state index in [9.17, 15) is 0 Å². The van der Waals surface area contributed by atoms with E-state index < -0.39 is 0 Å². The Kier molecular flexibility index (Phi) is 3.59. The van der Waals surface area contributed by atoms with Gasteiger partial charge in [0.15, 0.2) is 0 Å². The standard InChI is InChI=1S/C17H20BrN3/c18-15-3-1-2-14-6-7-16(19-17(14)15)21-10-8-20(9-11-21)12-13-4-5-13/h1-3,6-7,13H,4-5,8-12H2. The van der Waals surface area contributed by atoms with Gasteiger partial charge in [0.25, 0.3) is 0 Å². The number of piperazine rings is 1. The molecule has 1 aromatic heterocycles. The molecule has 4 heteroatoms. The highest BCUT2D eigenvalue weighted by molar-refractivity contribution is 9.10. The Morgan fingerprint density at radius 3 is 2.62 bits per heavy atom. The van der Waals surface area contributed by atoms with Gasteiger partial charge in [-0.25, -0.2) is 4.98 Å². The first-order valence-corrected chi connectivity index (χ1v) is 8.61. The first kappa shape index (κ1) is 13.5. The monoisotopic (exact) mass is 345 g/mol. The summed E-state index contributed by atoms with van der Waals surface area (Å²) < 4.78 is 1.08. The van der Waals surface area contributed by atoms with Crippen LogP contribution in [0.4, 0.5) is 5.82 Å². The Labute approximate surface area is 134 Å². The molecule has 4 rings (SSSR count). The molecule has 0 amide bonds. The lowest BCUT2D eigenvalue weighted by molar-refractivity contribution is 0.247. The lowest BCUT2D eigenvalue weighted by Gasteiger charge is -2.35. The van der Waals surface area contributed by atoms with Gasteiger partial charge in [0.2, 0.25) is 0 Å². The summed E-state index contributed by atoms with van der Waals surface area (Å²) in [5, 5.41) is 1.19. The van der Waals surface area contributed by atoms with Crippen LogP contribution in [0.3, 0.4) is 0 Å². The molecular formula is C17H20BrN3. The van der Waals surface area contributed by atoms with Crippen molar-refractivity contribution in [2.45, 2.75) is 12.8 Å². The third-order valence-corrected chi connectivity index (χ3v) is 5.21. The molecular weight excluding hydrogens is 326 g/mol. The molecule has 1 aliphatic heterocycles. The smallest absolute Gasteiger partial charge is 0.129 e. The highest BCUT2D eigenvalue weighted by atomic mass is 79.9. The molecule has 0 unspecified atom stereocenters. The summed E-state index contributed by atoms with van der Waals surface area (Å²) in [5.74, 6) is 2.10. The van der Waals surface area contributed by atoms with Crippen LogP contribution < -0.4 is 4.90 Å². The van der Waals surface area contributed by atoms with Crippen molar-refractivity contribution in [2.75, 3.05) is 37.6 Å². The van der Waals surface area contributed by atoms with Gasteiger partial charge >= 0.3 is 0 Å². The van der Waals surface area contributed by atoms with E-state index in [2.05, 4.69) is 56.1 Å². The van der Waals surface area contributed by atoms with Crippen molar-refractivity contribution in [3.8, 4) is 0 Å². The van der Waals surface area contributed by atoms with E-state index in [1.807, 2.05) is 0 Å². The Balaban J connectivity index is 1.50. The highest BCUT2D eigenvalue weighted by Gasteiger charge is 2.26. The first-order valence-electron chi connectivity index (χ1n) is 7.82. The lowest BCUT2D eigenvalue weighted by Crippen LogP contribution is -2.47. The number of pyridine rings is 1. The van der Waals surface area contributed by atoms with Crippen molar-refractivity contribution < 1.29 is 0 Å². The number of anilines is 1. The molecule has 0 bridgehead atoms. The average molecular weight is 346 g/mol. The number of hydrogen-bond donors (Lipinski definition) is 0. The van der Waals surface area contributed by atoms with Gasteiger partial charge in [-0.3, -0.25) is 4.90 Å². The number of hydrogen-bond acceptors (Lipinski definition) is 3. The van der Waals surface area contributed by atoms with Gasteiger partial charge in [-0.1, -0.05) is 12.1 Å². The van der Waals surface area contributed by atoms with Crippen LogP contribution in [0.1, 0.15) is 12.8 Å². The van der Waals surface area contributed by atoms with Crippen LogP contribution >= 0.6 is 15.9 Å². The third kappa shape index (κ3) is 2.92. The SMILES string of the molecule is Brc1cccc2ccc(N3CCN(CC4CC4)CC3)nc12. The maximum absolute atomic E-state index is 4.86. The van der Waals surface area contributed by atoms with Crippen molar-refractivity contribution >= 4 is 32.7 Å². The van der Waals surface area contributed by atoms with Crippen LogP contribution in [0.2, 0.25) is 0 Å². The van der Waals surface area contributed by atoms with E-state index in [1.54, 1.807) is 0 Å². The second kappa shape index (κ2) is 5.58. The van der Waals surface area contributed by atoms with Gasteiger partial charge < -0.3 is 4.90 Å². The Bertz CT molecular complexity index is 646. The summed E-state index contributed by atoms with van der Waals surface area (Å²) in [4.78, 5) is 9.89. The molecule has 2 aromatic rings. The zero-order chi connectivity index (χ0) is 14.2. The lowest BCUT2D eigenvalue weighted by atomic mass is 10.2. The maximum Gasteiger partial charge on any atom is 0.129 e. The normalized spacial score (nSPS) is 20.1. The molecule has 1 saturated heterocycles. The molecule has 1 saturated carbocycles. The second-order valence-electron chi connectivity index (χ2n) is 6.21. The Morgan fingerprint density at radius 2 is 1.86 bits per heavy atom. The van der Waals surface area contributed by atoms with E-state index in [0.717, 1.165) is 34.8 Å². The number of benzene rings is 1. The van der Waals surface area contributed by atoms with Crippen LogP contribution in [0.25, 0.3) is 10.9 Å². The summed E-state index contributed by atoms with van der Waals surface area (Å²) in [6.45, 7) is 5.84. The summed E-state index contributed by atoms with van der Waals surface area (Å²) in [6.07, 6.45) is 2.89. The van der Waals surface area contributed by atoms with Crippen LogP contribution in [-0.4, -0.2) is 42.6 Å². The maximum atomic E-state index is 4.86. The molecule has 110 valence electrons. The fourth-order valence-electron chi connectivity index (χ4n) is 3.10. The molecule has 2 fully saturated rings. The number of aromatic nitrogens is 1. The van der Waals surface area contributed by atoms with Gasteiger partial charge in [0, 0.05) is 42.6 Å². The number of para-hydroxylation sites is 1. The molecule has 0 atom stereocenters. The van der Waals surface area contributed by atoms with Gasteiger partial charge in [0.05, 0.1) is 5.52 Å². The minimum absolute atomic E-state index is 0.992. The van der Waals surface area contributed by atoms with Crippen LogP contribution in [0.5, 0.6) is 0 Å². The van der Waals surface area contributed by atoms with E-state index in [0.29, 0.717) is 0 Å². The zero-order valence-electron chi connectivity index (χ0n) is 12.1. The zero-order valence-corrected chi connectivity index (χ0v) is 13.7. The fraction of sp³-hybridized carbons (Fsp3) is 0.471. The van der Waals surface area contributed by atoms with Crippen molar-refractivity contribution in [3.63, 3.8) is 0 Å². The van der Waals surface area contributed by atoms with Crippen LogP contribution in [0, 0.1) is 5.92 Å². The van der Waals surface area contributed by atoms with Crippen LogP contribution in [0.15, 0.2) is 34.8 Å². The van der Waals surface area contributed by atoms with E-state index >= 15 is 0 Å². The summed E-state index contributed by atoms with van der Waals surface area (Å²) in [7, 11) is 0. The summed E-state index contributed by atoms with van der Waals surface area (Å²) in [6, 6.07) is 10.6. The number of halogens is 1. The van der Waals surface area contributed by atoms with E-state index in [4.69, 9.17) is 4.98 Å². The Hall–Kier alpha value is -1.13. The number of fused-ring (bicyclic) bond motifs is 1. The fourth-order valence-corrected chi connectivity index (χ4v) is 3.57. The molecule has 0 radical (unpaired) electrons. The predicted octanol–water partition coefficient (Wildman–Crippen LogP) is 3.53. The Morgan fingerprint density at radius 1 is 1.05 bits per heavy atom. The van der Waals surface area contributed by atoms with Crippen LogP contribution in [-0.2, 0) is 0 Å². The van der Waals surface area contributed by atoms with Crippen molar-refractivity contribution in [1.29, 1.82) is 0 Å². The molecule has 2 heterocycles. The molecule has 2 aliphatic rings. The van der Waals surface area contributed by atoms with Crippen molar-refractivity contribution in [3.05, 3.63) is 34.8 Å². The van der Waals surface area contributed by atoms with E-state index in [-0.39, 0.29) is 0 Å². The second-order valence-corrected chi connectivity index (χ2v) is 7.07. The third-order valence-electron chi connectivity index (χ3n) is 4.57. The topological polar surface area (TPSA) is 19.4 Å². The highest BCUT2D eigenvalue weighted by Crippen LogP contribution is 2.30. The van der Waals surface area contributed by atoms with Crippen molar-refractivity contribution in [1.82, 2.24) is 9.88 Å². The van der Waals surface area contributed by atoms with Gasteiger partial charge in [-0.2, -0.15) is 0 Å². The molecule has 1 aromatic carbocycles. The molecule has 1 aliphatic carbocycles. The quantitative estimate of drug-likeness (QED) is 0.848. The molecule has 0 spiro atoms. The minimum atomic E-state index is 0.992. The van der Waals surface area contributed by atoms with E-state index in [1.165, 1.54) is 37.9 Å². The molecule has 3 nitrogen and oxygen atoms in total. The predicted molar refractivity (Wildman–Crippen MR) is 90.8 cm³/mol. The number of nitrogens with zero attached hydrogens (tertiary/aromatic N) is 3. The first-order chi connectivity index (χ1) is 10.3. The summed E-state index contributed by atoms with van der Waals surface area (Å²) in [5.41, 5.74) is 1.07. The van der Waals surface area contributed by atoms with Gasteiger partial charge in [-0.15, -0.1) is 0 Å². The summed E-state index contributed by atoms with van der Waals surface area (Å²) >= 11 is 3.61. The largest absolute Gasteiger partial charge is 0.354 e. The average Bonchev–Trinajstić information content (AvgIpc) is 3.32. The van der Waals surface area contributed by atoms with Gasteiger partial charge in [0.1, 0.15) is 5.82 Å². The van der Waals surface area contributed by atoms with Crippen molar-refractivity contribution in [2.24, 2.45) is 5.92 Å². The molecule has 21 heavy (non-hydrogen) atoms.